The molecule has 15 heavy (non-hydrogen) atoms. The van der Waals surface area contributed by atoms with Gasteiger partial charge in [0, 0.05) is 11.9 Å². The van der Waals surface area contributed by atoms with Crippen molar-refractivity contribution in [1.82, 2.24) is 0 Å². The van der Waals surface area contributed by atoms with Crippen LogP contribution in [0.5, 0.6) is 0 Å². The fourth-order valence-corrected chi connectivity index (χ4v) is 1.22. The predicted molar refractivity (Wildman–Crippen MR) is 70.4 cm³/mol. The summed E-state index contributed by atoms with van der Waals surface area (Å²) in [7, 11) is 0. The van der Waals surface area contributed by atoms with Crippen molar-refractivity contribution in [3.63, 3.8) is 0 Å². The Kier molecular flexibility index (Phi) is 9.15. The average molecular weight is 207 g/mol. The summed E-state index contributed by atoms with van der Waals surface area (Å²) in [5.74, 6) is 0. The largest absolute Gasteiger partial charge is 0.262 e. The maximum absolute atomic E-state index is 4.33. The van der Waals surface area contributed by atoms with Crippen molar-refractivity contribution in [3.8, 4) is 0 Å². The van der Waals surface area contributed by atoms with Crippen LogP contribution >= 0.6 is 0 Å². The molecule has 0 saturated carbocycles. The Morgan fingerprint density at radius 3 is 2.40 bits per heavy atom. The van der Waals surface area contributed by atoms with Crippen LogP contribution in [0.1, 0.15) is 59.8 Å². The molecule has 0 atom stereocenters. The van der Waals surface area contributed by atoms with Crippen LogP contribution in [0.25, 0.3) is 0 Å². The van der Waals surface area contributed by atoms with Crippen LogP contribution in [-0.2, 0) is 0 Å². The second-order valence-corrected chi connectivity index (χ2v) is 4.23. The minimum atomic E-state index is 1.09. The Morgan fingerprint density at radius 2 is 1.80 bits per heavy atom. The molecule has 0 heterocycles. The molecular formula is C14H25N. The van der Waals surface area contributed by atoms with E-state index in [2.05, 4.69) is 37.9 Å². The van der Waals surface area contributed by atoms with Gasteiger partial charge in [-0.05, 0) is 39.7 Å². The van der Waals surface area contributed by atoms with Crippen LogP contribution in [0.15, 0.2) is 28.9 Å². The molecule has 0 saturated heterocycles. The smallest absolute Gasteiger partial charge is 0.0369 e. The maximum Gasteiger partial charge on any atom is 0.0369 e. The van der Waals surface area contributed by atoms with Crippen molar-refractivity contribution in [1.29, 1.82) is 0 Å². The van der Waals surface area contributed by atoms with Gasteiger partial charge in [0.15, 0.2) is 0 Å². The SMILES string of the molecule is CCCCCC/C=C/C(C)=N/C=C(C)C. The van der Waals surface area contributed by atoms with Crippen LogP contribution in [0.2, 0.25) is 0 Å². The van der Waals surface area contributed by atoms with Crippen molar-refractivity contribution in [2.75, 3.05) is 0 Å². The van der Waals surface area contributed by atoms with Crippen LogP contribution in [0, 0.1) is 0 Å². The third-order valence-electron chi connectivity index (χ3n) is 2.11. The topological polar surface area (TPSA) is 12.4 Å². The molecule has 0 aliphatic heterocycles. The van der Waals surface area contributed by atoms with Crippen molar-refractivity contribution >= 4 is 5.71 Å². The molecule has 0 aromatic carbocycles. The van der Waals surface area contributed by atoms with Gasteiger partial charge in [0.1, 0.15) is 0 Å². The number of allylic oxidation sites excluding steroid dienone is 3. The van der Waals surface area contributed by atoms with Crippen LogP contribution < -0.4 is 0 Å². The number of nitrogens with zero attached hydrogens (tertiary/aromatic N) is 1. The zero-order valence-electron chi connectivity index (χ0n) is 10.7. The van der Waals surface area contributed by atoms with Gasteiger partial charge in [-0.25, -0.2) is 0 Å². The molecule has 0 bridgehead atoms. The lowest BCUT2D eigenvalue weighted by atomic mass is 10.1. The molecule has 1 heteroatoms. The highest BCUT2D eigenvalue weighted by Gasteiger charge is 1.85. The molecule has 86 valence electrons. The molecule has 0 unspecified atom stereocenters. The zero-order chi connectivity index (χ0) is 11.5. The van der Waals surface area contributed by atoms with E-state index in [1.54, 1.807) is 0 Å². The van der Waals surface area contributed by atoms with Crippen LogP contribution in [0.3, 0.4) is 0 Å². The van der Waals surface area contributed by atoms with Gasteiger partial charge in [-0.3, -0.25) is 4.99 Å². The van der Waals surface area contributed by atoms with E-state index in [-0.39, 0.29) is 0 Å². The molecule has 0 amide bonds. The first-order valence-corrected chi connectivity index (χ1v) is 6.01. The lowest BCUT2D eigenvalue weighted by Gasteiger charge is -1.94. The number of aliphatic imine (C=N–C) groups is 1. The third-order valence-corrected chi connectivity index (χ3v) is 2.11. The first kappa shape index (κ1) is 14.2. The van der Waals surface area contributed by atoms with Crippen molar-refractivity contribution in [2.45, 2.75) is 59.8 Å². The first-order valence-electron chi connectivity index (χ1n) is 6.01. The highest BCUT2D eigenvalue weighted by molar-refractivity contribution is 5.93. The minimum Gasteiger partial charge on any atom is -0.262 e. The number of hydrogen-bond donors (Lipinski definition) is 0. The molecule has 1 nitrogen and oxygen atoms in total. The Hall–Kier alpha value is -0.850. The molecule has 0 aromatic heterocycles. The predicted octanol–water partition coefficient (Wildman–Crippen LogP) is 4.90. The molecule has 0 radical (unpaired) electrons. The Bertz CT molecular complexity index is 230. The van der Waals surface area contributed by atoms with E-state index in [1.165, 1.54) is 37.7 Å². The van der Waals surface area contributed by atoms with E-state index < -0.39 is 0 Å². The van der Waals surface area contributed by atoms with Gasteiger partial charge in [0.05, 0.1) is 0 Å². The molecular weight excluding hydrogens is 182 g/mol. The fourth-order valence-electron chi connectivity index (χ4n) is 1.22. The van der Waals surface area contributed by atoms with Gasteiger partial charge in [-0.15, -0.1) is 0 Å². The molecule has 0 spiro atoms. The molecule has 0 aromatic rings. The van der Waals surface area contributed by atoms with Crippen molar-refractivity contribution in [2.24, 2.45) is 4.99 Å². The molecule has 0 fully saturated rings. The summed E-state index contributed by atoms with van der Waals surface area (Å²) in [4.78, 5) is 4.33. The van der Waals surface area contributed by atoms with Gasteiger partial charge in [0.2, 0.25) is 0 Å². The minimum absolute atomic E-state index is 1.09. The van der Waals surface area contributed by atoms with E-state index in [0.29, 0.717) is 0 Å². The number of hydrogen-bond acceptors (Lipinski definition) is 1. The van der Waals surface area contributed by atoms with E-state index >= 15 is 0 Å². The normalized spacial score (nSPS) is 12.1. The molecule has 0 aliphatic rings. The monoisotopic (exact) mass is 207 g/mol. The quantitative estimate of drug-likeness (QED) is 0.416. The van der Waals surface area contributed by atoms with E-state index in [1.807, 2.05) is 13.1 Å². The van der Waals surface area contributed by atoms with Crippen LogP contribution in [-0.4, -0.2) is 5.71 Å². The molecule has 0 N–H and O–H groups in total. The van der Waals surface area contributed by atoms with Gasteiger partial charge in [0.25, 0.3) is 0 Å². The summed E-state index contributed by atoms with van der Waals surface area (Å²) in [5, 5.41) is 0. The first-order chi connectivity index (χ1) is 7.16. The summed E-state index contributed by atoms with van der Waals surface area (Å²) in [6.07, 6.45) is 12.8. The van der Waals surface area contributed by atoms with Gasteiger partial charge < -0.3 is 0 Å². The molecule has 0 rings (SSSR count). The number of rotatable bonds is 7. The summed E-state index contributed by atoms with van der Waals surface area (Å²) in [6, 6.07) is 0. The Morgan fingerprint density at radius 1 is 1.07 bits per heavy atom. The lowest BCUT2D eigenvalue weighted by molar-refractivity contribution is 0.674. The van der Waals surface area contributed by atoms with E-state index in [0.717, 1.165) is 5.71 Å². The lowest BCUT2D eigenvalue weighted by Crippen LogP contribution is -1.82. The molecule has 0 aliphatic carbocycles. The van der Waals surface area contributed by atoms with Gasteiger partial charge >= 0.3 is 0 Å². The van der Waals surface area contributed by atoms with E-state index in [9.17, 15) is 0 Å². The summed E-state index contributed by atoms with van der Waals surface area (Å²) in [6.45, 7) is 8.41. The second-order valence-electron chi connectivity index (χ2n) is 4.23. The second kappa shape index (κ2) is 9.70. The summed E-state index contributed by atoms with van der Waals surface area (Å²) in [5.41, 5.74) is 2.33. The van der Waals surface area contributed by atoms with Crippen LogP contribution in [0.4, 0.5) is 0 Å². The highest BCUT2D eigenvalue weighted by Crippen LogP contribution is 2.03. The van der Waals surface area contributed by atoms with Gasteiger partial charge in [-0.2, -0.15) is 0 Å². The summed E-state index contributed by atoms with van der Waals surface area (Å²) >= 11 is 0. The fraction of sp³-hybridized carbons (Fsp3) is 0.643. The Balaban J connectivity index is 3.67. The summed E-state index contributed by atoms with van der Waals surface area (Å²) < 4.78 is 0. The maximum atomic E-state index is 4.33. The number of unbranched alkanes of at least 4 members (excludes halogenated alkanes) is 4. The highest BCUT2D eigenvalue weighted by atomic mass is 14.7. The van der Waals surface area contributed by atoms with Crippen molar-refractivity contribution in [3.05, 3.63) is 23.9 Å². The zero-order valence-corrected chi connectivity index (χ0v) is 10.7. The van der Waals surface area contributed by atoms with Crippen molar-refractivity contribution < 1.29 is 0 Å². The van der Waals surface area contributed by atoms with E-state index in [4.69, 9.17) is 0 Å². The standard InChI is InChI=1S/C14H25N/c1-5-6-7-8-9-10-11-14(4)15-12-13(2)3/h10-12H,5-9H2,1-4H3/b11-10+,15-14+. The van der Waals surface area contributed by atoms with Gasteiger partial charge in [-0.1, -0.05) is 37.8 Å². The Labute approximate surface area is 95.0 Å². The third kappa shape index (κ3) is 11.1. The average Bonchev–Trinajstić information content (AvgIpc) is 2.20.